The van der Waals surface area contributed by atoms with Crippen molar-refractivity contribution in [2.24, 2.45) is 0 Å². The van der Waals surface area contributed by atoms with Crippen molar-refractivity contribution >= 4 is 22.6 Å². The van der Waals surface area contributed by atoms with E-state index in [4.69, 9.17) is 4.74 Å². The number of aromatic nitrogens is 3. The highest BCUT2D eigenvalue weighted by molar-refractivity contribution is 5.95. The molecule has 1 aliphatic rings. The summed E-state index contributed by atoms with van der Waals surface area (Å²) in [5, 5.41) is 0. The molecular weight excluding hydrogens is 304 g/mol. The van der Waals surface area contributed by atoms with Crippen molar-refractivity contribution in [1.29, 1.82) is 0 Å². The van der Waals surface area contributed by atoms with Crippen LogP contribution in [-0.2, 0) is 11.3 Å². The van der Waals surface area contributed by atoms with E-state index in [0.29, 0.717) is 19.0 Å². The molecule has 0 unspecified atom stereocenters. The van der Waals surface area contributed by atoms with Gasteiger partial charge in [-0.2, -0.15) is 0 Å². The van der Waals surface area contributed by atoms with Gasteiger partial charge in [0.25, 0.3) is 0 Å². The molecule has 0 atom stereocenters. The van der Waals surface area contributed by atoms with Crippen LogP contribution in [0.5, 0.6) is 5.88 Å². The number of ether oxygens (including phenoxy) is 1. The lowest BCUT2D eigenvalue weighted by molar-refractivity contribution is -0.119. The van der Waals surface area contributed by atoms with E-state index in [9.17, 15) is 4.79 Å². The van der Waals surface area contributed by atoms with Crippen molar-refractivity contribution in [1.82, 2.24) is 14.5 Å². The van der Waals surface area contributed by atoms with Gasteiger partial charge >= 0.3 is 0 Å². The number of imidazole rings is 1. The Hall–Kier alpha value is -2.89. The highest BCUT2D eigenvalue weighted by Crippen LogP contribution is 2.30. The molecule has 1 aromatic carbocycles. The van der Waals surface area contributed by atoms with Gasteiger partial charge in [0, 0.05) is 6.20 Å². The number of nitrogens with zero attached hydrogens (tertiary/aromatic N) is 4. The quantitative estimate of drug-likeness (QED) is 0.727. The fraction of sp³-hybridized carbons (Fsp3) is 0.278. The smallest absolute Gasteiger partial charge is 0.247 e. The van der Waals surface area contributed by atoms with Crippen LogP contribution in [0.3, 0.4) is 0 Å². The van der Waals surface area contributed by atoms with E-state index >= 15 is 0 Å². The SMILES string of the molecule is Cc1cnc2c(c1)N(C(=O)Cn1c(C)nc3ccccc31)CCO2. The van der Waals surface area contributed by atoms with Crippen LogP contribution in [0.4, 0.5) is 5.69 Å². The second-order valence-corrected chi connectivity index (χ2v) is 5.96. The minimum Gasteiger partial charge on any atom is -0.474 e. The lowest BCUT2D eigenvalue weighted by atomic mass is 10.2. The normalized spacial score (nSPS) is 13.7. The molecule has 0 saturated heterocycles. The molecule has 6 heteroatoms. The van der Waals surface area contributed by atoms with Gasteiger partial charge in [-0.3, -0.25) is 4.79 Å². The van der Waals surface area contributed by atoms with Gasteiger partial charge in [-0.25, -0.2) is 9.97 Å². The minimum absolute atomic E-state index is 0.0122. The number of carbonyl (C=O) groups is 1. The van der Waals surface area contributed by atoms with Gasteiger partial charge in [0.15, 0.2) is 0 Å². The van der Waals surface area contributed by atoms with Crippen LogP contribution in [0.2, 0.25) is 0 Å². The van der Waals surface area contributed by atoms with Gasteiger partial charge in [-0.1, -0.05) is 12.1 Å². The van der Waals surface area contributed by atoms with Gasteiger partial charge in [0.2, 0.25) is 11.8 Å². The average molecular weight is 322 g/mol. The van der Waals surface area contributed by atoms with Crippen molar-refractivity contribution in [3.63, 3.8) is 0 Å². The Bertz CT molecular complexity index is 932. The summed E-state index contributed by atoms with van der Waals surface area (Å²) in [4.78, 5) is 23.5. The zero-order chi connectivity index (χ0) is 16.7. The van der Waals surface area contributed by atoms with Crippen molar-refractivity contribution in [3.05, 3.63) is 47.9 Å². The molecule has 0 saturated carbocycles. The van der Waals surface area contributed by atoms with Crippen LogP contribution in [0.25, 0.3) is 11.0 Å². The fourth-order valence-electron chi connectivity index (χ4n) is 3.08. The first-order chi connectivity index (χ1) is 11.6. The number of benzene rings is 1. The topological polar surface area (TPSA) is 60.2 Å². The van der Waals surface area contributed by atoms with Gasteiger partial charge in [0.1, 0.15) is 24.7 Å². The van der Waals surface area contributed by atoms with Crippen LogP contribution in [0, 0.1) is 13.8 Å². The Morgan fingerprint density at radius 1 is 1.29 bits per heavy atom. The standard InChI is InChI=1S/C18H18N4O2/c1-12-9-16-18(19-10-12)24-8-7-21(16)17(23)11-22-13(2)20-14-5-3-4-6-15(14)22/h3-6,9-10H,7-8,11H2,1-2H3. The first-order valence-electron chi connectivity index (χ1n) is 7.95. The van der Waals surface area contributed by atoms with E-state index in [2.05, 4.69) is 9.97 Å². The molecule has 122 valence electrons. The van der Waals surface area contributed by atoms with Crippen molar-refractivity contribution < 1.29 is 9.53 Å². The third kappa shape index (κ3) is 2.40. The molecule has 3 aromatic rings. The van der Waals surface area contributed by atoms with Gasteiger partial charge in [0.05, 0.1) is 17.6 Å². The van der Waals surface area contributed by atoms with E-state index in [1.807, 2.05) is 48.7 Å². The highest BCUT2D eigenvalue weighted by atomic mass is 16.5. The third-order valence-corrected chi connectivity index (χ3v) is 4.25. The first kappa shape index (κ1) is 14.7. The van der Waals surface area contributed by atoms with Crippen molar-refractivity contribution in [2.75, 3.05) is 18.1 Å². The van der Waals surface area contributed by atoms with Crippen molar-refractivity contribution in [2.45, 2.75) is 20.4 Å². The van der Waals surface area contributed by atoms with Gasteiger partial charge in [-0.05, 0) is 37.6 Å². The van der Waals surface area contributed by atoms with E-state index < -0.39 is 0 Å². The van der Waals surface area contributed by atoms with Crippen LogP contribution in [-0.4, -0.2) is 33.6 Å². The second-order valence-electron chi connectivity index (χ2n) is 5.96. The molecule has 2 aromatic heterocycles. The summed E-state index contributed by atoms with van der Waals surface area (Å²) in [6.07, 6.45) is 1.75. The molecule has 0 spiro atoms. The van der Waals surface area contributed by atoms with E-state index in [1.165, 1.54) is 0 Å². The number of para-hydroxylation sites is 2. The largest absolute Gasteiger partial charge is 0.474 e. The monoisotopic (exact) mass is 322 g/mol. The summed E-state index contributed by atoms with van der Waals surface area (Å²) in [5.74, 6) is 1.37. The zero-order valence-electron chi connectivity index (χ0n) is 13.7. The third-order valence-electron chi connectivity index (χ3n) is 4.25. The summed E-state index contributed by atoms with van der Waals surface area (Å²) >= 11 is 0. The number of anilines is 1. The number of hydrogen-bond acceptors (Lipinski definition) is 4. The summed E-state index contributed by atoms with van der Waals surface area (Å²) in [5.41, 5.74) is 3.62. The molecular formula is C18H18N4O2. The Labute approximate surface area is 139 Å². The summed E-state index contributed by atoms with van der Waals surface area (Å²) < 4.78 is 7.52. The number of carbonyl (C=O) groups excluding carboxylic acids is 1. The van der Waals surface area contributed by atoms with Crippen LogP contribution in [0.15, 0.2) is 36.5 Å². The second kappa shape index (κ2) is 5.63. The van der Waals surface area contributed by atoms with Gasteiger partial charge < -0.3 is 14.2 Å². The Kier molecular flexibility index (Phi) is 3.45. The Morgan fingerprint density at radius 3 is 3.00 bits per heavy atom. The first-order valence-corrected chi connectivity index (χ1v) is 7.95. The summed E-state index contributed by atoms with van der Waals surface area (Å²) in [6, 6.07) is 9.80. The van der Waals surface area contributed by atoms with E-state index in [-0.39, 0.29) is 12.5 Å². The highest BCUT2D eigenvalue weighted by Gasteiger charge is 2.25. The van der Waals surface area contributed by atoms with Crippen LogP contribution < -0.4 is 9.64 Å². The van der Waals surface area contributed by atoms with Gasteiger partial charge in [-0.15, -0.1) is 0 Å². The molecule has 6 nitrogen and oxygen atoms in total. The summed E-state index contributed by atoms with van der Waals surface area (Å²) in [7, 11) is 0. The molecule has 0 N–H and O–H groups in total. The molecule has 0 fully saturated rings. The number of hydrogen-bond donors (Lipinski definition) is 0. The maximum absolute atomic E-state index is 12.9. The number of fused-ring (bicyclic) bond motifs is 2. The predicted octanol–water partition coefficient (Wildman–Crippen LogP) is 2.47. The van der Waals surface area contributed by atoms with Crippen LogP contribution in [0.1, 0.15) is 11.4 Å². The summed E-state index contributed by atoms with van der Waals surface area (Å²) in [6.45, 7) is 5.12. The van der Waals surface area contributed by atoms with Crippen LogP contribution >= 0.6 is 0 Å². The molecule has 1 amide bonds. The molecule has 1 aliphatic heterocycles. The number of pyridine rings is 1. The van der Waals surface area contributed by atoms with E-state index in [1.54, 1.807) is 11.1 Å². The van der Waals surface area contributed by atoms with E-state index in [0.717, 1.165) is 28.1 Å². The lowest BCUT2D eigenvalue weighted by Gasteiger charge is -2.29. The maximum atomic E-state index is 12.9. The molecule has 0 aliphatic carbocycles. The fourth-order valence-corrected chi connectivity index (χ4v) is 3.08. The predicted molar refractivity (Wildman–Crippen MR) is 91.3 cm³/mol. The minimum atomic E-state index is 0.0122. The van der Waals surface area contributed by atoms with Crippen molar-refractivity contribution in [3.8, 4) is 5.88 Å². The Balaban J connectivity index is 1.68. The maximum Gasteiger partial charge on any atom is 0.247 e. The molecule has 3 heterocycles. The molecule has 24 heavy (non-hydrogen) atoms. The Morgan fingerprint density at radius 2 is 2.12 bits per heavy atom. The average Bonchev–Trinajstić information content (AvgIpc) is 2.90. The molecule has 4 rings (SSSR count). The zero-order valence-corrected chi connectivity index (χ0v) is 13.7. The lowest BCUT2D eigenvalue weighted by Crippen LogP contribution is -2.40. The number of amides is 1. The molecule has 0 radical (unpaired) electrons. The number of rotatable bonds is 2. The molecule has 0 bridgehead atoms. The number of aryl methyl sites for hydroxylation is 2.